The number of carbonyl (C=O) groups excluding carboxylic acids is 1. The second-order valence-corrected chi connectivity index (χ2v) is 6.49. The second-order valence-electron chi connectivity index (χ2n) is 6.49. The molecule has 4 heterocycles. The number of amides is 1. The van der Waals surface area contributed by atoms with E-state index in [-0.39, 0.29) is 24.0 Å². The fraction of sp³-hybridized carbons (Fsp3) is 0.444. The molecule has 1 atom stereocenters. The minimum atomic E-state index is -0.0355. The Hall–Kier alpha value is -2.54. The monoisotopic (exact) mass is 343 g/mol. The molecule has 0 saturated carbocycles. The SMILES string of the molecule is COc1ncc(Oc2ccc(C(=O)N[C@H]3CN4CCC3CC4)cc2)o1. The van der Waals surface area contributed by atoms with Crippen LogP contribution in [0.15, 0.2) is 34.9 Å². The van der Waals surface area contributed by atoms with Crippen molar-refractivity contribution in [2.45, 2.75) is 18.9 Å². The van der Waals surface area contributed by atoms with E-state index in [1.165, 1.54) is 26.1 Å². The van der Waals surface area contributed by atoms with E-state index < -0.39 is 0 Å². The van der Waals surface area contributed by atoms with Gasteiger partial charge in [0.05, 0.1) is 7.11 Å². The molecule has 0 aliphatic carbocycles. The molecule has 2 bridgehead atoms. The number of benzene rings is 1. The van der Waals surface area contributed by atoms with Gasteiger partial charge in [-0.15, -0.1) is 0 Å². The highest BCUT2D eigenvalue weighted by Gasteiger charge is 2.34. The lowest BCUT2D eigenvalue weighted by molar-refractivity contribution is 0.0620. The molecule has 1 aromatic carbocycles. The molecule has 3 aliphatic rings. The number of methoxy groups -OCH3 is 1. The van der Waals surface area contributed by atoms with Gasteiger partial charge in [0.25, 0.3) is 5.91 Å². The summed E-state index contributed by atoms with van der Waals surface area (Å²) >= 11 is 0. The van der Waals surface area contributed by atoms with Gasteiger partial charge in [-0.2, -0.15) is 4.98 Å². The maximum absolute atomic E-state index is 12.5. The van der Waals surface area contributed by atoms with Gasteiger partial charge in [0.15, 0.2) is 0 Å². The molecular weight excluding hydrogens is 322 g/mol. The number of aromatic nitrogens is 1. The molecule has 0 radical (unpaired) electrons. The van der Waals surface area contributed by atoms with Gasteiger partial charge in [-0.3, -0.25) is 4.79 Å². The largest absolute Gasteiger partial charge is 0.453 e. The smallest absolute Gasteiger partial charge is 0.396 e. The molecule has 0 spiro atoms. The Morgan fingerprint density at radius 3 is 2.64 bits per heavy atom. The molecule has 25 heavy (non-hydrogen) atoms. The van der Waals surface area contributed by atoms with E-state index in [0.29, 0.717) is 17.2 Å². The first-order valence-corrected chi connectivity index (χ1v) is 8.52. The van der Waals surface area contributed by atoms with Gasteiger partial charge in [-0.1, -0.05) is 0 Å². The summed E-state index contributed by atoms with van der Waals surface area (Å²) in [5.74, 6) is 1.38. The van der Waals surface area contributed by atoms with Crippen LogP contribution in [0.25, 0.3) is 0 Å². The number of carbonyl (C=O) groups is 1. The molecule has 2 aromatic rings. The zero-order valence-corrected chi connectivity index (χ0v) is 14.1. The number of rotatable bonds is 5. The lowest BCUT2D eigenvalue weighted by Gasteiger charge is -2.44. The summed E-state index contributed by atoms with van der Waals surface area (Å²) in [6.45, 7) is 3.29. The van der Waals surface area contributed by atoms with Crippen molar-refractivity contribution < 1.29 is 18.7 Å². The molecule has 3 saturated heterocycles. The lowest BCUT2D eigenvalue weighted by atomic mass is 9.84. The standard InChI is InChI=1S/C18H21N3O4/c1-23-18-19-10-16(25-18)24-14-4-2-13(3-5-14)17(22)20-15-11-21-8-6-12(15)7-9-21/h2-5,10,12,15H,6-9,11H2,1H3,(H,20,22)/t15-/m0/s1. The van der Waals surface area contributed by atoms with Gasteiger partial charge < -0.3 is 24.1 Å². The number of hydrogen-bond donors (Lipinski definition) is 1. The van der Waals surface area contributed by atoms with Crippen LogP contribution in [0.4, 0.5) is 0 Å². The number of piperidine rings is 3. The van der Waals surface area contributed by atoms with Crippen molar-refractivity contribution in [1.29, 1.82) is 0 Å². The predicted octanol–water partition coefficient (Wildman–Crippen LogP) is 2.30. The van der Waals surface area contributed by atoms with Gasteiger partial charge >= 0.3 is 12.0 Å². The van der Waals surface area contributed by atoms with Crippen molar-refractivity contribution in [3.05, 3.63) is 36.0 Å². The Morgan fingerprint density at radius 2 is 2.04 bits per heavy atom. The number of nitrogens with zero attached hydrogens (tertiary/aromatic N) is 2. The van der Waals surface area contributed by atoms with E-state index in [4.69, 9.17) is 13.9 Å². The number of oxazole rings is 1. The fourth-order valence-electron chi connectivity index (χ4n) is 3.56. The Morgan fingerprint density at radius 1 is 1.28 bits per heavy atom. The van der Waals surface area contributed by atoms with Gasteiger partial charge in [-0.05, 0) is 56.1 Å². The van der Waals surface area contributed by atoms with E-state index in [9.17, 15) is 4.79 Å². The summed E-state index contributed by atoms with van der Waals surface area (Å²) in [7, 11) is 1.47. The van der Waals surface area contributed by atoms with E-state index >= 15 is 0 Å². The first kappa shape index (κ1) is 16.0. The quantitative estimate of drug-likeness (QED) is 0.898. The molecule has 0 unspecified atom stereocenters. The highest BCUT2D eigenvalue weighted by atomic mass is 16.7. The molecule has 3 fully saturated rings. The highest BCUT2D eigenvalue weighted by molar-refractivity contribution is 5.94. The van der Waals surface area contributed by atoms with Crippen LogP contribution in [0.2, 0.25) is 0 Å². The third-order valence-electron chi connectivity index (χ3n) is 4.95. The summed E-state index contributed by atoms with van der Waals surface area (Å²) in [4.78, 5) is 18.8. The average Bonchev–Trinajstić information content (AvgIpc) is 3.11. The third-order valence-corrected chi connectivity index (χ3v) is 4.95. The zero-order valence-electron chi connectivity index (χ0n) is 14.1. The van der Waals surface area contributed by atoms with Crippen molar-refractivity contribution in [1.82, 2.24) is 15.2 Å². The first-order chi connectivity index (χ1) is 12.2. The number of nitrogens with one attached hydrogen (secondary N) is 1. The van der Waals surface area contributed by atoms with E-state index in [1.54, 1.807) is 24.3 Å². The summed E-state index contributed by atoms with van der Waals surface area (Å²) in [5.41, 5.74) is 0.624. The van der Waals surface area contributed by atoms with Crippen molar-refractivity contribution in [2.24, 2.45) is 5.92 Å². The molecule has 3 aliphatic heterocycles. The third kappa shape index (κ3) is 3.46. The van der Waals surface area contributed by atoms with Crippen LogP contribution in [0.3, 0.4) is 0 Å². The molecule has 1 N–H and O–H groups in total. The Kier molecular flexibility index (Phi) is 4.31. The van der Waals surface area contributed by atoms with Crippen molar-refractivity contribution in [3.8, 4) is 17.8 Å². The van der Waals surface area contributed by atoms with Gasteiger partial charge in [0, 0.05) is 18.2 Å². The maximum Gasteiger partial charge on any atom is 0.396 e. The molecule has 1 aromatic heterocycles. The highest BCUT2D eigenvalue weighted by Crippen LogP contribution is 2.28. The van der Waals surface area contributed by atoms with Crippen LogP contribution in [0.5, 0.6) is 17.8 Å². The molecule has 132 valence electrons. The summed E-state index contributed by atoms with van der Waals surface area (Å²) < 4.78 is 15.6. The minimum Gasteiger partial charge on any atom is -0.453 e. The number of fused-ring (bicyclic) bond motifs is 3. The summed E-state index contributed by atoms with van der Waals surface area (Å²) in [6.07, 6.45) is 3.94. The molecule has 5 rings (SSSR count). The normalized spacial score (nSPS) is 24.8. The van der Waals surface area contributed by atoms with Gasteiger partial charge in [0.1, 0.15) is 11.9 Å². The number of hydrogen-bond acceptors (Lipinski definition) is 6. The van der Waals surface area contributed by atoms with E-state index in [0.717, 1.165) is 19.6 Å². The average molecular weight is 343 g/mol. The minimum absolute atomic E-state index is 0.0355. The summed E-state index contributed by atoms with van der Waals surface area (Å²) in [6, 6.07) is 7.23. The molecular formula is C18H21N3O4. The van der Waals surface area contributed by atoms with E-state index in [1.807, 2.05) is 0 Å². The van der Waals surface area contributed by atoms with Crippen LogP contribution in [-0.4, -0.2) is 48.6 Å². The molecule has 7 heteroatoms. The van der Waals surface area contributed by atoms with Crippen molar-refractivity contribution >= 4 is 5.91 Å². The summed E-state index contributed by atoms with van der Waals surface area (Å²) in [5, 5.41) is 3.18. The molecule has 1 amide bonds. The Bertz CT molecular complexity index is 735. The predicted molar refractivity (Wildman–Crippen MR) is 90.0 cm³/mol. The van der Waals surface area contributed by atoms with Crippen molar-refractivity contribution in [3.63, 3.8) is 0 Å². The molecule has 7 nitrogen and oxygen atoms in total. The van der Waals surface area contributed by atoms with Gasteiger partial charge in [-0.25, -0.2) is 0 Å². The second kappa shape index (κ2) is 6.76. The van der Waals surface area contributed by atoms with Crippen LogP contribution in [-0.2, 0) is 0 Å². The lowest BCUT2D eigenvalue weighted by Crippen LogP contribution is -2.57. The van der Waals surface area contributed by atoms with E-state index in [2.05, 4.69) is 15.2 Å². The maximum atomic E-state index is 12.5. The van der Waals surface area contributed by atoms with Crippen molar-refractivity contribution in [2.75, 3.05) is 26.7 Å². The Labute approximate surface area is 145 Å². The van der Waals surface area contributed by atoms with Gasteiger partial charge in [0.2, 0.25) is 0 Å². The van der Waals surface area contributed by atoms with Crippen LogP contribution in [0.1, 0.15) is 23.2 Å². The van der Waals surface area contributed by atoms with Crippen LogP contribution >= 0.6 is 0 Å². The number of ether oxygens (including phenoxy) is 2. The van der Waals surface area contributed by atoms with Crippen LogP contribution < -0.4 is 14.8 Å². The zero-order chi connectivity index (χ0) is 17.2. The Balaban J connectivity index is 1.37. The first-order valence-electron chi connectivity index (χ1n) is 8.52. The van der Waals surface area contributed by atoms with Crippen LogP contribution in [0, 0.1) is 5.92 Å². The fourth-order valence-corrected chi connectivity index (χ4v) is 3.56. The topological polar surface area (TPSA) is 76.8 Å².